The van der Waals surface area contributed by atoms with Gasteiger partial charge in [0.1, 0.15) is 5.75 Å². The van der Waals surface area contributed by atoms with E-state index in [0.717, 1.165) is 29.8 Å². The van der Waals surface area contributed by atoms with Crippen LogP contribution in [-0.4, -0.2) is 54.8 Å². The molecule has 1 aromatic heterocycles. The van der Waals surface area contributed by atoms with Crippen molar-refractivity contribution in [2.75, 3.05) is 25.7 Å². The lowest BCUT2D eigenvalue weighted by molar-refractivity contribution is 0.253. The Kier molecular flexibility index (Phi) is 4.91. The van der Waals surface area contributed by atoms with Crippen molar-refractivity contribution in [2.45, 2.75) is 25.6 Å². The summed E-state index contributed by atoms with van der Waals surface area (Å²) in [6.07, 6.45) is 4.39. The third kappa shape index (κ3) is 3.96. The molecule has 7 heteroatoms. The van der Waals surface area contributed by atoms with E-state index in [1.54, 1.807) is 13.3 Å². The number of benzene rings is 1. The van der Waals surface area contributed by atoms with Crippen LogP contribution in [-0.2, 0) is 22.9 Å². The summed E-state index contributed by atoms with van der Waals surface area (Å²) in [7, 11) is 0.794. The molecule has 6 nitrogen and oxygen atoms in total. The Bertz CT molecular complexity index is 787. The Morgan fingerprint density at radius 2 is 2.25 bits per heavy atom. The van der Waals surface area contributed by atoms with E-state index in [-0.39, 0.29) is 11.8 Å². The molecule has 24 heavy (non-hydrogen) atoms. The molecule has 2 aromatic rings. The van der Waals surface area contributed by atoms with E-state index in [2.05, 4.69) is 16.1 Å². The van der Waals surface area contributed by atoms with E-state index >= 15 is 0 Å². The Labute approximate surface area is 143 Å². The van der Waals surface area contributed by atoms with Crippen LogP contribution in [0.1, 0.15) is 17.5 Å². The van der Waals surface area contributed by atoms with Crippen molar-refractivity contribution in [3.8, 4) is 5.75 Å². The van der Waals surface area contributed by atoms with Crippen LogP contribution in [0.5, 0.6) is 5.75 Å². The molecule has 1 aromatic carbocycles. The number of hydrogen-bond acceptors (Lipinski definition) is 5. The summed E-state index contributed by atoms with van der Waals surface area (Å²) < 4.78 is 30.6. The van der Waals surface area contributed by atoms with Gasteiger partial charge in [0.15, 0.2) is 9.84 Å². The first kappa shape index (κ1) is 17.0. The second kappa shape index (κ2) is 6.94. The molecule has 2 heterocycles. The smallest absolute Gasteiger partial charge is 0.151 e. The highest BCUT2D eigenvalue weighted by Gasteiger charge is 2.30. The summed E-state index contributed by atoms with van der Waals surface area (Å²) in [5, 5.41) is 4.24. The van der Waals surface area contributed by atoms with Crippen molar-refractivity contribution in [2.24, 2.45) is 0 Å². The summed E-state index contributed by atoms with van der Waals surface area (Å²) in [6.45, 7) is 1.36. The molecule has 1 aliphatic heterocycles. The van der Waals surface area contributed by atoms with Crippen molar-refractivity contribution in [3.63, 3.8) is 0 Å². The first-order valence-electron chi connectivity index (χ1n) is 8.01. The second-order valence-corrected chi connectivity index (χ2v) is 8.55. The van der Waals surface area contributed by atoms with Gasteiger partial charge in [0.05, 0.1) is 25.2 Å². The highest BCUT2D eigenvalue weighted by atomic mass is 32.2. The maximum atomic E-state index is 11.7. The number of methoxy groups -OCH3 is 1. The van der Waals surface area contributed by atoms with Crippen LogP contribution in [0.15, 0.2) is 36.7 Å². The van der Waals surface area contributed by atoms with E-state index in [0.29, 0.717) is 12.3 Å². The minimum absolute atomic E-state index is 0.103. The van der Waals surface area contributed by atoms with E-state index in [1.165, 1.54) is 0 Å². The van der Waals surface area contributed by atoms with Gasteiger partial charge in [-0.3, -0.25) is 9.58 Å². The van der Waals surface area contributed by atoms with Gasteiger partial charge < -0.3 is 4.74 Å². The Morgan fingerprint density at radius 3 is 2.88 bits per heavy atom. The van der Waals surface area contributed by atoms with Gasteiger partial charge in [-0.2, -0.15) is 5.10 Å². The fourth-order valence-electron chi connectivity index (χ4n) is 3.16. The molecule has 0 spiro atoms. The summed E-state index contributed by atoms with van der Waals surface area (Å²) in [5.74, 6) is 1.40. The molecule has 0 amide bonds. The van der Waals surface area contributed by atoms with Crippen LogP contribution in [0.4, 0.5) is 0 Å². The van der Waals surface area contributed by atoms with Crippen LogP contribution >= 0.6 is 0 Å². The Morgan fingerprint density at radius 1 is 1.42 bits per heavy atom. The normalized spacial score (nSPS) is 19.7. The van der Waals surface area contributed by atoms with Gasteiger partial charge in [-0.05, 0) is 37.2 Å². The Hall–Kier alpha value is -1.86. The molecular formula is C17H23N3O3S. The van der Waals surface area contributed by atoms with Gasteiger partial charge in [0, 0.05) is 30.5 Å². The molecule has 1 fully saturated rings. The monoisotopic (exact) mass is 349 g/mol. The first-order chi connectivity index (χ1) is 11.5. The van der Waals surface area contributed by atoms with E-state index in [9.17, 15) is 8.42 Å². The maximum Gasteiger partial charge on any atom is 0.151 e. The number of nitrogens with zero attached hydrogens (tertiary/aromatic N) is 3. The van der Waals surface area contributed by atoms with E-state index in [4.69, 9.17) is 4.74 Å². The fourth-order valence-corrected chi connectivity index (χ4v) is 4.97. The van der Waals surface area contributed by atoms with E-state index < -0.39 is 9.84 Å². The quantitative estimate of drug-likeness (QED) is 0.792. The van der Waals surface area contributed by atoms with Gasteiger partial charge in [0.2, 0.25) is 0 Å². The first-order valence-corrected chi connectivity index (χ1v) is 9.83. The van der Waals surface area contributed by atoms with Crippen molar-refractivity contribution in [1.82, 2.24) is 14.7 Å². The number of aromatic nitrogens is 2. The molecule has 1 aliphatic rings. The predicted octanol–water partition coefficient (Wildman–Crippen LogP) is 1.56. The summed E-state index contributed by atoms with van der Waals surface area (Å²) in [5.41, 5.74) is 2.20. The second-order valence-electron chi connectivity index (χ2n) is 6.32. The van der Waals surface area contributed by atoms with Crippen LogP contribution in [0, 0.1) is 0 Å². The average Bonchev–Trinajstić information content (AvgIpc) is 3.17. The van der Waals surface area contributed by atoms with Gasteiger partial charge in [0.25, 0.3) is 0 Å². The summed E-state index contributed by atoms with van der Waals surface area (Å²) in [6, 6.07) is 8.11. The van der Waals surface area contributed by atoms with Gasteiger partial charge in [-0.25, -0.2) is 8.42 Å². The average molecular weight is 349 g/mol. The fraction of sp³-hybridized carbons (Fsp3) is 0.471. The van der Waals surface area contributed by atoms with Crippen LogP contribution < -0.4 is 4.74 Å². The largest absolute Gasteiger partial charge is 0.496 e. The molecule has 1 atom stereocenters. The van der Waals surface area contributed by atoms with Gasteiger partial charge in [-0.15, -0.1) is 0 Å². The minimum atomic E-state index is -2.86. The topological polar surface area (TPSA) is 64.4 Å². The molecule has 0 saturated carbocycles. The number of hydrogen-bond donors (Lipinski definition) is 0. The molecule has 0 unspecified atom stereocenters. The Balaban J connectivity index is 1.74. The molecule has 1 saturated heterocycles. The zero-order valence-corrected chi connectivity index (χ0v) is 14.9. The minimum Gasteiger partial charge on any atom is -0.496 e. The molecular weight excluding hydrogens is 326 g/mol. The number of sulfone groups is 1. The van der Waals surface area contributed by atoms with Crippen molar-refractivity contribution >= 4 is 9.84 Å². The molecule has 0 bridgehead atoms. The zero-order valence-electron chi connectivity index (χ0n) is 14.1. The lowest BCUT2D eigenvalue weighted by Crippen LogP contribution is -2.32. The lowest BCUT2D eigenvalue weighted by atomic mass is 10.1. The van der Waals surface area contributed by atoms with Crippen LogP contribution in [0.25, 0.3) is 0 Å². The number of ether oxygens (including phenoxy) is 1. The van der Waals surface area contributed by atoms with Gasteiger partial charge in [-0.1, -0.05) is 6.07 Å². The molecule has 0 radical (unpaired) electrons. The molecule has 0 N–H and O–H groups in total. The predicted molar refractivity (Wildman–Crippen MR) is 92.8 cm³/mol. The third-order valence-corrected chi connectivity index (χ3v) is 6.25. The zero-order chi connectivity index (χ0) is 17.2. The number of rotatable bonds is 6. The molecule has 3 rings (SSSR count). The van der Waals surface area contributed by atoms with Crippen LogP contribution in [0.2, 0.25) is 0 Å². The van der Waals surface area contributed by atoms with Crippen LogP contribution in [0.3, 0.4) is 0 Å². The highest BCUT2D eigenvalue weighted by Crippen LogP contribution is 2.23. The third-order valence-electron chi connectivity index (χ3n) is 4.50. The lowest BCUT2D eigenvalue weighted by Gasteiger charge is -2.23. The van der Waals surface area contributed by atoms with E-state index in [1.807, 2.05) is 36.1 Å². The molecule has 130 valence electrons. The maximum absolute atomic E-state index is 11.7. The standard InChI is InChI=1S/C17H23N3O3S/c1-19(16-6-9-24(21,22)13-16)11-14-4-5-17(23-2)15(10-14)12-20-8-3-7-18-20/h3-5,7-8,10,16H,6,9,11-13H2,1-2H3/t16-/m1/s1. The summed E-state index contributed by atoms with van der Waals surface area (Å²) in [4.78, 5) is 2.13. The van der Waals surface area contributed by atoms with Gasteiger partial charge >= 0.3 is 0 Å². The summed E-state index contributed by atoms with van der Waals surface area (Å²) >= 11 is 0. The highest BCUT2D eigenvalue weighted by molar-refractivity contribution is 7.91. The van der Waals surface area contributed by atoms with Crippen molar-refractivity contribution in [1.29, 1.82) is 0 Å². The molecule has 0 aliphatic carbocycles. The van der Waals surface area contributed by atoms with Crippen molar-refractivity contribution in [3.05, 3.63) is 47.8 Å². The van der Waals surface area contributed by atoms with Crippen molar-refractivity contribution < 1.29 is 13.2 Å². The SMILES string of the molecule is COc1ccc(CN(C)[C@@H]2CCS(=O)(=O)C2)cc1Cn1cccn1.